The summed E-state index contributed by atoms with van der Waals surface area (Å²) in [6.07, 6.45) is 10.5. The van der Waals surface area contributed by atoms with Gasteiger partial charge in [-0.1, -0.05) is 117 Å². The molecule has 14 nitrogen and oxygen atoms in total. The Bertz CT molecular complexity index is 2400. The van der Waals surface area contributed by atoms with Crippen molar-refractivity contribution < 1.29 is 73.9 Å². The SMILES string of the molecule is CCC(=O)OC.COC(=O)CN(C)C(=O)N(C1CC1)C1c2ccccc2N(C(=O)OCc2ccccc2)C2CCCC21.O=C(OCc1ccccc1)N1c2ccccc2C(NC2CC2)C2CCCC21.[H-].[Na+]. The van der Waals surface area contributed by atoms with Gasteiger partial charge in [0.25, 0.3) is 0 Å². The van der Waals surface area contributed by atoms with Gasteiger partial charge < -0.3 is 35.5 Å². The molecule has 2 aliphatic heterocycles. The first-order chi connectivity index (χ1) is 33.6. The van der Waals surface area contributed by atoms with Crippen molar-refractivity contribution in [3.8, 4) is 0 Å². The number of urea groups is 1. The number of carbonyl (C=O) groups excluding carboxylic acids is 5. The van der Waals surface area contributed by atoms with Crippen LogP contribution in [0.1, 0.15) is 113 Å². The van der Waals surface area contributed by atoms with Crippen molar-refractivity contribution >= 4 is 41.5 Å². The molecule has 6 unspecified atom stereocenters. The fraction of sp³-hybridized carbons (Fsp3) is 0.473. The van der Waals surface area contributed by atoms with E-state index in [4.69, 9.17) is 14.2 Å². The molecule has 15 heteroatoms. The van der Waals surface area contributed by atoms with E-state index in [0.29, 0.717) is 31.0 Å². The van der Waals surface area contributed by atoms with Crippen molar-refractivity contribution in [3.05, 3.63) is 131 Å². The molecule has 4 amide bonds. The molecule has 6 aliphatic rings. The van der Waals surface area contributed by atoms with Crippen molar-refractivity contribution in [2.24, 2.45) is 11.8 Å². The Morgan fingerprint density at radius 1 is 0.614 bits per heavy atom. The summed E-state index contributed by atoms with van der Waals surface area (Å²) >= 11 is 0. The van der Waals surface area contributed by atoms with E-state index in [1.807, 2.05) is 106 Å². The van der Waals surface area contributed by atoms with Gasteiger partial charge in [-0.2, -0.15) is 0 Å². The van der Waals surface area contributed by atoms with Crippen molar-refractivity contribution in [3.63, 3.8) is 0 Å². The predicted molar refractivity (Wildman–Crippen MR) is 263 cm³/mol. The number of carbonyl (C=O) groups is 5. The molecule has 4 fully saturated rings. The van der Waals surface area contributed by atoms with Crippen LogP contribution in [0.25, 0.3) is 0 Å². The van der Waals surface area contributed by atoms with E-state index in [9.17, 15) is 24.0 Å². The average Bonchev–Trinajstić information content (AvgIpc) is 4.31. The predicted octanol–water partition coefficient (Wildman–Crippen LogP) is 7.23. The molecule has 4 saturated carbocycles. The summed E-state index contributed by atoms with van der Waals surface area (Å²) in [5.41, 5.74) is 6.01. The molecular weight excluding hydrogens is 898 g/mol. The first kappa shape index (κ1) is 52.4. The Kier molecular flexibility index (Phi) is 18.4. The fourth-order valence-corrected chi connectivity index (χ4v) is 10.7. The standard InChI is InChI=1S/C28H33N3O5.C23H26N2O2.C4H8O2.Na.H/c1-29(17-25(32)35-2)27(33)30(20-15-16-20)26-21-11-6-7-13-23(21)31(24-14-8-12-22(24)26)28(34)36-18-19-9-4-3-5-10-19;26-23(27-15-16-7-2-1-3-8-16)25-20-11-5-4-9-18(20)22(24-17-13-14-17)19-10-6-12-21(19)25;1-3-4(5)6-2;;/h3-7,9-11,13,20,22,24,26H,8,12,14-18H2,1-2H3;1-5,7-9,11,17,19,21-22,24H,6,10,12-15H2;3H2,1-2H3;;/q;;;+1;-1. The number of hydrogen-bond acceptors (Lipinski definition) is 10. The van der Waals surface area contributed by atoms with Gasteiger partial charge in [-0.05, 0) is 91.7 Å². The third-order valence-electron chi connectivity index (χ3n) is 14.3. The summed E-state index contributed by atoms with van der Waals surface area (Å²) in [7, 11) is 4.35. The molecule has 10 rings (SSSR count). The normalized spacial score (nSPS) is 22.3. The zero-order valence-corrected chi connectivity index (χ0v) is 43.4. The smallest absolute Gasteiger partial charge is 1.00 e. The van der Waals surface area contributed by atoms with Crippen LogP contribution in [0.2, 0.25) is 0 Å². The Morgan fingerprint density at radius 3 is 1.60 bits per heavy atom. The van der Waals surface area contributed by atoms with Crippen LogP contribution in [-0.2, 0) is 41.8 Å². The van der Waals surface area contributed by atoms with Crippen LogP contribution in [0.5, 0.6) is 0 Å². The molecule has 1 N–H and O–H groups in total. The molecule has 2 heterocycles. The fourth-order valence-electron chi connectivity index (χ4n) is 10.7. The minimum atomic E-state index is -0.447. The largest absolute Gasteiger partial charge is 1.00 e. The molecule has 4 aromatic rings. The van der Waals surface area contributed by atoms with Gasteiger partial charge in [0.15, 0.2) is 0 Å². The van der Waals surface area contributed by atoms with E-state index in [2.05, 4.69) is 28.3 Å². The number of hydrogen-bond donors (Lipinski definition) is 1. The summed E-state index contributed by atoms with van der Waals surface area (Å²) < 4.78 is 20.5. The van der Waals surface area contributed by atoms with Gasteiger partial charge >= 0.3 is 59.7 Å². The third-order valence-corrected chi connectivity index (χ3v) is 14.3. The van der Waals surface area contributed by atoms with E-state index in [1.165, 1.54) is 50.4 Å². The molecular formula is C55H68N5NaO9. The Hall–Kier alpha value is -5.41. The van der Waals surface area contributed by atoms with E-state index in [0.717, 1.165) is 66.6 Å². The Labute approximate surface area is 436 Å². The molecule has 368 valence electrons. The van der Waals surface area contributed by atoms with Crippen LogP contribution < -0.4 is 44.7 Å². The number of esters is 2. The van der Waals surface area contributed by atoms with Crippen LogP contribution in [0.3, 0.4) is 0 Å². The summed E-state index contributed by atoms with van der Waals surface area (Å²) in [5, 5.41) is 3.86. The number of rotatable bonds is 11. The second kappa shape index (κ2) is 24.6. The monoisotopic (exact) mass is 965 g/mol. The van der Waals surface area contributed by atoms with Gasteiger partial charge in [-0.3, -0.25) is 19.4 Å². The molecule has 6 atom stereocenters. The van der Waals surface area contributed by atoms with Crippen molar-refractivity contribution in [1.29, 1.82) is 0 Å². The second-order valence-corrected chi connectivity index (χ2v) is 18.9. The third kappa shape index (κ3) is 12.4. The molecule has 0 bridgehead atoms. The second-order valence-electron chi connectivity index (χ2n) is 18.9. The maximum absolute atomic E-state index is 13.7. The van der Waals surface area contributed by atoms with E-state index >= 15 is 0 Å². The summed E-state index contributed by atoms with van der Waals surface area (Å²) in [6, 6.07) is 36.8. The molecule has 70 heavy (non-hydrogen) atoms. The van der Waals surface area contributed by atoms with Gasteiger partial charge in [0.1, 0.15) is 19.8 Å². The molecule has 0 aromatic heterocycles. The topological polar surface area (TPSA) is 147 Å². The summed E-state index contributed by atoms with van der Waals surface area (Å²) in [6.45, 7) is 2.19. The molecule has 0 radical (unpaired) electrons. The quantitative estimate of drug-likeness (QED) is 0.0928. The van der Waals surface area contributed by atoms with Crippen LogP contribution in [0, 0.1) is 11.8 Å². The number of benzene rings is 4. The van der Waals surface area contributed by atoms with Gasteiger partial charge in [0.05, 0.1) is 31.6 Å². The van der Waals surface area contributed by atoms with E-state index < -0.39 is 5.97 Å². The number of nitrogens with zero attached hydrogens (tertiary/aromatic N) is 4. The van der Waals surface area contributed by atoms with Crippen molar-refractivity contribution in [2.75, 3.05) is 37.6 Å². The Morgan fingerprint density at radius 2 is 1.10 bits per heavy atom. The van der Waals surface area contributed by atoms with E-state index in [1.54, 1.807) is 14.0 Å². The molecule has 0 spiro atoms. The molecule has 4 aromatic carbocycles. The van der Waals surface area contributed by atoms with Crippen LogP contribution in [-0.4, -0.2) is 91.9 Å². The van der Waals surface area contributed by atoms with Gasteiger partial charge in [-0.15, -0.1) is 0 Å². The number of para-hydroxylation sites is 2. The number of fused-ring (bicyclic) bond motifs is 4. The first-order valence-corrected chi connectivity index (χ1v) is 24.7. The maximum atomic E-state index is 13.7. The van der Waals surface area contributed by atoms with Crippen molar-refractivity contribution in [2.45, 2.75) is 127 Å². The van der Waals surface area contributed by atoms with E-state index in [-0.39, 0.29) is 98.4 Å². The number of likely N-dealkylation sites (N-methyl/N-ethyl adjacent to an activating group) is 1. The maximum Gasteiger partial charge on any atom is 1.00 e. The molecule has 0 saturated heterocycles. The minimum Gasteiger partial charge on any atom is -1.00 e. The summed E-state index contributed by atoms with van der Waals surface area (Å²) in [5.74, 6) is -0.0308. The molecule has 4 aliphatic carbocycles. The number of amides is 4. The van der Waals surface area contributed by atoms with Crippen LogP contribution in [0.15, 0.2) is 109 Å². The number of ether oxygens (including phenoxy) is 4. The minimum absolute atomic E-state index is 0. The number of nitrogens with one attached hydrogen (secondary N) is 1. The Balaban J connectivity index is 0.000000209. The zero-order valence-electron chi connectivity index (χ0n) is 42.4. The van der Waals surface area contributed by atoms with Gasteiger partial charge in [0.2, 0.25) is 0 Å². The number of anilines is 2. The van der Waals surface area contributed by atoms with Crippen LogP contribution in [0.4, 0.5) is 25.8 Å². The van der Waals surface area contributed by atoms with Crippen molar-refractivity contribution in [1.82, 2.24) is 15.1 Å². The average molecular weight is 966 g/mol. The van der Waals surface area contributed by atoms with Crippen LogP contribution >= 0.6 is 0 Å². The van der Waals surface area contributed by atoms with Gasteiger partial charge in [0, 0.05) is 49.6 Å². The van der Waals surface area contributed by atoms with Gasteiger partial charge in [-0.25, -0.2) is 14.4 Å². The number of methoxy groups -OCH3 is 2. The first-order valence-electron chi connectivity index (χ1n) is 24.7. The zero-order chi connectivity index (χ0) is 48.4. The summed E-state index contributed by atoms with van der Waals surface area (Å²) in [4.78, 5) is 69.3.